The second kappa shape index (κ2) is 5.70. The minimum atomic E-state index is -1.37. The van der Waals surface area contributed by atoms with Crippen LogP contribution in [0.2, 0.25) is 0 Å². The number of carbonyl (C=O) groups excluding carboxylic acids is 3. The molecular weight excluding hydrogens is 390 g/mol. The van der Waals surface area contributed by atoms with Gasteiger partial charge in [0.1, 0.15) is 11.6 Å². The van der Waals surface area contributed by atoms with E-state index >= 15 is 0 Å². The van der Waals surface area contributed by atoms with Crippen LogP contribution in [0.25, 0.3) is 10.2 Å². The fraction of sp³-hybridized carbons (Fsp3) is 0.154. The molecule has 2 aromatic rings. The predicted molar refractivity (Wildman–Crippen MR) is 82.6 cm³/mol. The fourth-order valence-electron chi connectivity index (χ4n) is 2.12. The number of carbonyl (C=O) groups is 4. The van der Waals surface area contributed by atoms with Crippen LogP contribution >= 0.6 is 27.3 Å². The third kappa shape index (κ3) is 2.82. The maximum atomic E-state index is 12.1. The Balaban J connectivity index is 1.86. The molecule has 1 aromatic heterocycles. The Labute approximate surface area is 141 Å². The molecule has 1 aliphatic heterocycles. The van der Waals surface area contributed by atoms with Crippen LogP contribution in [0, 0.1) is 0 Å². The first kappa shape index (κ1) is 15.6. The molecule has 1 saturated heterocycles. The summed E-state index contributed by atoms with van der Waals surface area (Å²) in [6, 6.07) is 4.54. The van der Waals surface area contributed by atoms with E-state index in [0.717, 1.165) is 9.17 Å². The first-order valence-electron chi connectivity index (χ1n) is 6.31. The molecule has 10 heteroatoms. The minimum Gasteiger partial charge on any atom is -0.480 e. The lowest BCUT2D eigenvalue weighted by Crippen LogP contribution is -2.36. The molecule has 1 aromatic carbocycles. The van der Waals surface area contributed by atoms with E-state index < -0.39 is 30.4 Å². The molecule has 23 heavy (non-hydrogen) atoms. The van der Waals surface area contributed by atoms with Gasteiger partial charge in [-0.05, 0) is 18.2 Å². The van der Waals surface area contributed by atoms with Crippen molar-refractivity contribution < 1.29 is 24.3 Å². The molecule has 0 bridgehead atoms. The molecule has 4 amide bonds. The van der Waals surface area contributed by atoms with E-state index in [2.05, 4.69) is 20.9 Å². The van der Waals surface area contributed by atoms with Crippen molar-refractivity contribution in [2.45, 2.75) is 6.54 Å². The highest BCUT2D eigenvalue weighted by Crippen LogP contribution is 2.27. The predicted octanol–water partition coefficient (Wildman–Crippen LogP) is 1.43. The topological polar surface area (TPSA) is 108 Å². The quantitative estimate of drug-likeness (QED) is 0.617. The van der Waals surface area contributed by atoms with Crippen LogP contribution in [-0.2, 0) is 20.9 Å². The zero-order chi connectivity index (χ0) is 16.7. The van der Waals surface area contributed by atoms with Crippen molar-refractivity contribution in [2.75, 3.05) is 6.54 Å². The monoisotopic (exact) mass is 397 g/mol. The van der Waals surface area contributed by atoms with E-state index in [9.17, 15) is 19.2 Å². The number of halogens is 1. The van der Waals surface area contributed by atoms with Crippen molar-refractivity contribution in [3.8, 4) is 0 Å². The van der Waals surface area contributed by atoms with Crippen LogP contribution in [0.5, 0.6) is 0 Å². The van der Waals surface area contributed by atoms with Crippen molar-refractivity contribution >= 4 is 61.3 Å². The van der Waals surface area contributed by atoms with Gasteiger partial charge in [-0.1, -0.05) is 15.9 Å². The molecule has 1 N–H and O–H groups in total. The summed E-state index contributed by atoms with van der Waals surface area (Å²) in [6.45, 7) is -1.01. The van der Waals surface area contributed by atoms with Gasteiger partial charge in [-0.15, -0.1) is 11.3 Å². The van der Waals surface area contributed by atoms with Gasteiger partial charge >= 0.3 is 23.8 Å². The number of carboxylic acid groups (broad SMARTS) is 1. The first-order chi connectivity index (χ1) is 10.9. The molecule has 8 nitrogen and oxygen atoms in total. The van der Waals surface area contributed by atoms with E-state index in [1.54, 1.807) is 6.07 Å². The summed E-state index contributed by atoms with van der Waals surface area (Å²) in [4.78, 5) is 51.7. The molecule has 0 saturated carbocycles. The van der Waals surface area contributed by atoms with Crippen molar-refractivity contribution in [1.29, 1.82) is 0 Å². The first-order valence-corrected chi connectivity index (χ1v) is 7.92. The summed E-state index contributed by atoms with van der Waals surface area (Å²) in [6.07, 6.45) is 0. The molecule has 0 unspecified atom stereocenters. The van der Waals surface area contributed by atoms with E-state index in [1.807, 2.05) is 12.1 Å². The fourth-order valence-corrected chi connectivity index (χ4v) is 3.40. The molecule has 1 aliphatic rings. The normalized spacial score (nSPS) is 15.1. The number of urea groups is 1. The number of thiazole rings is 1. The molecule has 0 spiro atoms. The molecule has 2 heterocycles. The van der Waals surface area contributed by atoms with Gasteiger partial charge in [0.25, 0.3) is 0 Å². The van der Waals surface area contributed by atoms with Crippen LogP contribution in [0.4, 0.5) is 4.79 Å². The van der Waals surface area contributed by atoms with Gasteiger partial charge < -0.3 is 5.11 Å². The second-order valence-corrected chi connectivity index (χ2v) is 6.71. The van der Waals surface area contributed by atoms with Gasteiger partial charge in [-0.25, -0.2) is 19.6 Å². The third-order valence-corrected chi connectivity index (χ3v) is 4.63. The maximum Gasteiger partial charge on any atom is 0.335 e. The Morgan fingerprint density at radius 2 is 1.91 bits per heavy atom. The number of carboxylic acids is 1. The van der Waals surface area contributed by atoms with Crippen molar-refractivity contribution in [2.24, 2.45) is 0 Å². The second-order valence-electron chi connectivity index (χ2n) is 4.68. The molecular formula is C13H8BrN3O5S. The van der Waals surface area contributed by atoms with Crippen LogP contribution in [0.3, 0.4) is 0 Å². The Hall–Kier alpha value is -2.33. The standard InChI is InChI=1S/C13H8BrN3O5S/c14-6-1-2-8-7(3-6)15-9(23-8)4-16-11(20)12(21)17(13(16)22)5-10(18)19/h1-3H,4-5H2,(H,18,19). The van der Waals surface area contributed by atoms with Crippen LogP contribution < -0.4 is 0 Å². The summed E-state index contributed by atoms with van der Waals surface area (Å²) >= 11 is 4.62. The summed E-state index contributed by atoms with van der Waals surface area (Å²) in [5.74, 6) is -3.55. The molecule has 0 radical (unpaired) electrons. The average Bonchev–Trinajstić information content (AvgIpc) is 2.96. The lowest BCUT2D eigenvalue weighted by atomic mass is 10.3. The lowest BCUT2D eigenvalue weighted by molar-refractivity contribution is -0.146. The van der Waals surface area contributed by atoms with Crippen LogP contribution in [-0.4, -0.2) is 50.2 Å². The Morgan fingerprint density at radius 1 is 1.22 bits per heavy atom. The number of benzene rings is 1. The number of fused-ring (bicyclic) bond motifs is 1. The molecule has 0 atom stereocenters. The zero-order valence-corrected chi connectivity index (χ0v) is 13.8. The highest BCUT2D eigenvalue weighted by Gasteiger charge is 2.45. The maximum absolute atomic E-state index is 12.1. The number of nitrogens with zero attached hydrogens (tertiary/aromatic N) is 3. The van der Waals surface area contributed by atoms with Crippen LogP contribution in [0.1, 0.15) is 5.01 Å². The number of amides is 4. The van der Waals surface area contributed by atoms with Gasteiger partial charge in [-0.2, -0.15) is 0 Å². The smallest absolute Gasteiger partial charge is 0.335 e. The number of hydrogen-bond donors (Lipinski definition) is 1. The third-order valence-electron chi connectivity index (χ3n) is 3.12. The number of imide groups is 2. The van der Waals surface area contributed by atoms with E-state index in [1.165, 1.54) is 11.3 Å². The summed E-state index contributed by atoms with van der Waals surface area (Å²) in [5, 5.41) is 9.18. The van der Waals surface area contributed by atoms with Gasteiger partial charge in [0.05, 0.1) is 16.8 Å². The number of aromatic nitrogens is 1. The molecule has 118 valence electrons. The van der Waals surface area contributed by atoms with Gasteiger partial charge in [0.15, 0.2) is 0 Å². The molecule has 0 aliphatic carbocycles. The lowest BCUT2D eigenvalue weighted by Gasteiger charge is -2.12. The minimum absolute atomic E-state index is 0.170. The summed E-state index contributed by atoms with van der Waals surface area (Å²) in [5.41, 5.74) is 0.701. The molecule has 3 rings (SSSR count). The molecule has 1 fully saturated rings. The van der Waals surface area contributed by atoms with Gasteiger partial charge in [0.2, 0.25) is 0 Å². The number of hydrogen-bond acceptors (Lipinski definition) is 6. The zero-order valence-electron chi connectivity index (χ0n) is 11.4. The van der Waals surface area contributed by atoms with Crippen molar-refractivity contribution in [3.63, 3.8) is 0 Å². The van der Waals surface area contributed by atoms with E-state index in [4.69, 9.17) is 5.11 Å². The van der Waals surface area contributed by atoms with Crippen molar-refractivity contribution in [3.05, 3.63) is 27.7 Å². The Bertz CT molecular complexity index is 864. The Kier molecular flexibility index (Phi) is 3.86. The Morgan fingerprint density at radius 3 is 2.61 bits per heavy atom. The average molecular weight is 398 g/mol. The van der Waals surface area contributed by atoms with Gasteiger partial charge in [0, 0.05) is 4.47 Å². The SMILES string of the molecule is O=C(O)CN1C(=O)C(=O)N(Cc2nc3cc(Br)ccc3s2)C1=O. The number of aliphatic carboxylic acids is 1. The highest BCUT2D eigenvalue weighted by atomic mass is 79.9. The van der Waals surface area contributed by atoms with E-state index in [-0.39, 0.29) is 6.54 Å². The summed E-state index contributed by atoms with van der Waals surface area (Å²) < 4.78 is 1.72. The summed E-state index contributed by atoms with van der Waals surface area (Å²) in [7, 11) is 0. The highest BCUT2D eigenvalue weighted by molar-refractivity contribution is 9.10. The number of rotatable bonds is 4. The van der Waals surface area contributed by atoms with Crippen LogP contribution in [0.15, 0.2) is 22.7 Å². The van der Waals surface area contributed by atoms with Gasteiger partial charge in [-0.3, -0.25) is 14.4 Å². The van der Waals surface area contributed by atoms with Crippen molar-refractivity contribution in [1.82, 2.24) is 14.8 Å². The largest absolute Gasteiger partial charge is 0.480 e. The van der Waals surface area contributed by atoms with E-state index in [0.29, 0.717) is 20.3 Å².